The number of pyridine rings is 1. The third kappa shape index (κ3) is 1.13. The molecule has 1 N–H and O–H groups in total. The molecule has 0 fully saturated rings. The minimum absolute atomic E-state index is 0.595. The van der Waals surface area contributed by atoms with Gasteiger partial charge in [0.2, 0.25) is 0 Å². The molecule has 2 rings (SSSR count). The molecule has 0 saturated carbocycles. The molecule has 0 spiro atoms. The summed E-state index contributed by atoms with van der Waals surface area (Å²) in [7, 11) is 0. The molecule has 0 aliphatic heterocycles. The number of aliphatic imine (C=N–C) groups is 1. The summed E-state index contributed by atoms with van der Waals surface area (Å²) in [5.41, 5.74) is 1.89. The molecule has 0 saturated heterocycles. The van der Waals surface area contributed by atoms with Crippen molar-refractivity contribution < 1.29 is 0 Å². The molecule has 4 heteroatoms. The zero-order valence-corrected chi connectivity index (χ0v) is 6.93. The molecule has 0 aliphatic rings. The van der Waals surface area contributed by atoms with Gasteiger partial charge in [-0.25, -0.2) is 4.98 Å². The van der Waals surface area contributed by atoms with Crippen LogP contribution in [0.5, 0.6) is 0 Å². The van der Waals surface area contributed by atoms with Crippen LogP contribution < -0.4 is 0 Å². The number of fused-ring (bicyclic) bond motifs is 1. The zero-order valence-electron chi connectivity index (χ0n) is 6.11. The van der Waals surface area contributed by atoms with Crippen molar-refractivity contribution in [3.05, 3.63) is 24.4 Å². The number of aromatic amines is 1. The van der Waals surface area contributed by atoms with Crippen LogP contribution in [0.1, 0.15) is 0 Å². The van der Waals surface area contributed by atoms with Gasteiger partial charge in [0, 0.05) is 6.20 Å². The Morgan fingerprint density at radius 3 is 3.17 bits per heavy atom. The van der Waals surface area contributed by atoms with Gasteiger partial charge in [-0.15, -0.1) is 0 Å². The molecule has 0 radical (unpaired) electrons. The van der Waals surface area contributed by atoms with Crippen LogP contribution in [0.3, 0.4) is 0 Å². The zero-order chi connectivity index (χ0) is 8.39. The average molecular weight is 175 g/mol. The number of nitrogens with one attached hydrogen (secondary N) is 1. The van der Waals surface area contributed by atoms with Gasteiger partial charge in [-0.05, 0) is 30.4 Å². The van der Waals surface area contributed by atoms with E-state index < -0.39 is 0 Å². The van der Waals surface area contributed by atoms with Crippen LogP contribution in [0.15, 0.2) is 29.4 Å². The highest BCUT2D eigenvalue weighted by Crippen LogP contribution is 2.14. The highest BCUT2D eigenvalue weighted by Gasteiger charge is 1.95. The van der Waals surface area contributed by atoms with Gasteiger partial charge in [0.25, 0.3) is 0 Å². The van der Waals surface area contributed by atoms with Crippen LogP contribution in [-0.2, 0) is 0 Å². The van der Waals surface area contributed by atoms with Gasteiger partial charge in [-0.1, -0.05) is 0 Å². The van der Waals surface area contributed by atoms with E-state index in [1.54, 1.807) is 6.07 Å². The molecule has 58 valence electrons. The van der Waals surface area contributed by atoms with E-state index in [1.165, 1.54) is 0 Å². The lowest BCUT2D eigenvalue weighted by atomic mass is 10.4. The topological polar surface area (TPSA) is 41.0 Å². The van der Waals surface area contributed by atoms with Gasteiger partial charge in [0.05, 0.1) is 16.2 Å². The first kappa shape index (κ1) is 7.16. The molecule has 0 aliphatic carbocycles. The normalized spacial score (nSPS) is 9.67. The van der Waals surface area contributed by atoms with Gasteiger partial charge >= 0.3 is 0 Å². The molecule has 0 unspecified atom stereocenters. The first-order valence-electron chi connectivity index (χ1n) is 3.42. The fraction of sp³-hybridized carbons (Fsp3) is 0. The Morgan fingerprint density at radius 1 is 1.42 bits per heavy atom. The third-order valence-corrected chi connectivity index (χ3v) is 1.64. The van der Waals surface area contributed by atoms with E-state index in [9.17, 15) is 0 Å². The Kier molecular flexibility index (Phi) is 1.70. The molecule has 12 heavy (non-hydrogen) atoms. The number of isothiocyanates is 1. The van der Waals surface area contributed by atoms with Crippen molar-refractivity contribution in [2.75, 3.05) is 0 Å². The van der Waals surface area contributed by atoms with Gasteiger partial charge in [-0.3, -0.25) is 0 Å². The number of aromatic nitrogens is 2. The Hall–Kier alpha value is -1.51. The van der Waals surface area contributed by atoms with Crippen LogP contribution in [0.25, 0.3) is 11.0 Å². The summed E-state index contributed by atoms with van der Waals surface area (Å²) in [6.07, 6.45) is 1.84. The summed E-state index contributed by atoms with van der Waals surface area (Å²) < 4.78 is 0. The van der Waals surface area contributed by atoms with Crippen LogP contribution in [0.4, 0.5) is 5.82 Å². The predicted octanol–water partition coefficient (Wildman–Crippen LogP) is 2.30. The largest absolute Gasteiger partial charge is 0.360 e. The Balaban J connectivity index is 2.67. The Bertz CT molecular complexity index is 454. The molecule has 0 amide bonds. The molecule has 0 atom stereocenters. The second kappa shape index (κ2) is 2.85. The maximum atomic E-state index is 4.47. The lowest BCUT2D eigenvalue weighted by molar-refractivity contribution is 1.34. The van der Waals surface area contributed by atoms with E-state index in [2.05, 4.69) is 32.3 Å². The highest BCUT2D eigenvalue weighted by atomic mass is 32.1. The van der Waals surface area contributed by atoms with Crippen molar-refractivity contribution in [1.29, 1.82) is 0 Å². The van der Waals surface area contributed by atoms with Crippen molar-refractivity contribution in [3.63, 3.8) is 0 Å². The number of thiocarbonyl (C=S) groups is 1. The summed E-state index contributed by atoms with van der Waals surface area (Å²) >= 11 is 4.47. The number of hydrogen-bond donors (Lipinski definition) is 1. The highest BCUT2D eigenvalue weighted by molar-refractivity contribution is 7.78. The number of H-pyrrole nitrogens is 1. The molecule has 0 aromatic carbocycles. The van der Waals surface area contributed by atoms with Gasteiger partial charge in [0.15, 0.2) is 5.82 Å². The van der Waals surface area contributed by atoms with Gasteiger partial charge in [-0.2, -0.15) is 4.99 Å². The maximum Gasteiger partial charge on any atom is 0.163 e. The van der Waals surface area contributed by atoms with E-state index in [0.717, 1.165) is 11.0 Å². The smallest absolute Gasteiger partial charge is 0.163 e. The Morgan fingerprint density at radius 2 is 2.33 bits per heavy atom. The monoisotopic (exact) mass is 175 g/mol. The van der Waals surface area contributed by atoms with Crippen LogP contribution in [0.2, 0.25) is 0 Å². The number of nitrogens with zero attached hydrogens (tertiary/aromatic N) is 2. The van der Waals surface area contributed by atoms with Crippen molar-refractivity contribution in [1.82, 2.24) is 9.97 Å². The van der Waals surface area contributed by atoms with Gasteiger partial charge < -0.3 is 4.98 Å². The standard InChI is InChI=1S/C8H5N3S/c12-5-10-8-2-1-6-7(11-8)3-4-9-6/h1-4,9H. The molecule has 3 nitrogen and oxygen atoms in total. The van der Waals surface area contributed by atoms with E-state index in [0.29, 0.717) is 5.82 Å². The lowest BCUT2D eigenvalue weighted by Gasteiger charge is -1.89. The molecule has 0 bridgehead atoms. The first-order valence-corrected chi connectivity index (χ1v) is 3.83. The van der Waals surface area contributed by atoms with Gasteiger partial charge in [0.1, 0.15) is 0 Å². The predicted molar refractivity (Wildman–Crippen MR) is 50.8 cm³/mol. The van der Waals surface area contributed by atoms with Crippen LogP contribution in [-0.4, -0.2) is 15.1 Å². The minimum atomic E-state index is 0.595. The lowest BCUT2D eigenvalue weighted by Crippen LogP contribution is -1.73. The second-order valence-electron chi connectivity index (χ2n) is 2.28. The quantitative estimate of drug-likeness (QED) is 0.533. The summed E-state index contributed by atoms with van der Waals surface area (Å²) in [6.45, 7) is 0. The van der Waals surface area contributed by atoms with Crippen molar-refractivity contribution in [3.8, 4) is 0 Å². The molecular weight excluding hydrogens is 170 g/mol. The first-order chi connectivity index (χ1) is 5.90. The van der Waals surface area contributed by atoms with E-state index in [-0.39, 0.29) is 0 Å². The maximum absolute atomic E-state index is 4.47. The summed E-state index contributed by atoms with van der Waals surface area (Å²) in [6, 6.07) is 5.59. The average Bonchev–Trinajstić information content (AvgIpc) is 2.51. The number of rotatable bonds is 1. The summed E-state index contributed by atoms with van der Waals surface area (Å²) in [5.74, 6) is 0.595. The third-order valence-electron chi connectivity index (χ3n) is 1.55. The fourth-order valence-electron chi connectivity index (χ4n) is 1.03. The van der Waals surface area contributed by atoms with Crippen molar-refractivity contribution in [2.24, 2.45) is 4.99 Å². The van der Waals surface area contributed by atoms with E-state index in [1.807, 2.05) is 18.3 Å². The summed E-state index contributed by atoms with van der Waals surface area (Å²) in [5, 5.41) is 2.28. The van der Waals surface area contributed by atoms with Crippen LogP contribution >= 0.6 is 12.2 Å². The molecule has 2 aromatic rings. The fourth-order valence-corrected chi connectivity index (χ4v) is 1.13. The van der Waals surface area contributed by atoms with E-state index >= 15 is 0 Å². The van der Waals surface area contributed by atoms with Crippen molar-refractivity contribution >= 4 is 34.2 Å². The van der Waals surface area contributed by atoms with E-state index in [4.69, 9.17) is 0 Å². The second-order valence-corrected chi connectivity index (χ2v) is 2.47. The molecular formula is C8H5N3S. The Labute approximate surface area is 74.2 Å². The minimum Gasteiger partial charge on any atom is -0.360 e. The van der Waals surface area contributed by atoms with Crippen LogP contribution in [0, 0.1) is 0 Å². The molecule has 2 heterocycles. The summed E-state index contributed by atoms with van der Waals surface area (Å²) in [4.78, 5) is 11.0. The molecule has 2 aromatic heterocycles. The number of hydrogen-bond acceptors (Lipinski definition) is 3. The SMILES string of the molecule is S=C=Nc1ccc2[nH]ccc2n1. The van der Waals surface area contributed by atoms with Crippen molar-refractivity contribution in [2.45, 2.75) is 0 Å².